The summed E-state index contributed by atoms with van der Waals surface area (Å²) in [6.07, 6.45) is 0. The molecule has 1 amide bonds. The highest BCUT2D eigenvalue weighted by atomic mass is 16.3. The molecule has 1 atom stereocenters. The molecule has 4 heteroatoms. The van der Waals surface area contributed by atoms with Gasteiger partial charge in [-0.3, -0.25) is 4.79 Å². The Balaban J connectivity index is 2.11. The summed E-state index contributed by atoms with van der Waals surface area (Å²) in [5.74, 6) is -0.344. The number of hydrogen-bond donors (Lipinski definition) is 3. The van der Waals surface area contributed by atoms with Crippen LogP contribution in [0.1, 0.15) is 28.9 Å². The van der Waals surface area contributed by atoms with Crippen LogP contribution in [-0.4, -0.2) is 18.1 Å². The van der Waals surface area contributed by atoms with Crippen LogP contribution in [0.4, 0.5) is 5.69 Å². The van der Waals surface area contributed by atoms with Gasteiger partial charge in [0.05, 0.1) is 5.56 Å². The van der Waals surface area contributed by atoms with Crippen molar-refractivity contribution in [1.82, 2.24) is 5.32 Å². The van der Waals surface area contributed by atoms with E-state index in [1.54, 1.807) is 18.2 Å². The second-order valence-corrected chi connectivity index (χ2v) is 4.60. The summed E-state index contributed by atoms with van der Waals surface area (Å²) in [4.78, 5) is 12.0. The molecule has 0 bridgehead atoms. The molecular weight excluding hydrogens is 252 g/mol. The molecule has 0 saturated carbocycles. The average Bonchev–Trinajstić information content (AvgIpc) is 2.47. The van der Waals surface area contributed by atoms with Crippen molar-refractivity contribution < 1.29 is 9.90 Å². The monoisotopic (exact) mass is 270 g/mol. The Bertz CT molecular complexity index is 594. The Hall–Kier alpha value is -2.33. The molecule has 0 aliphatic heterocycles. The van der Waals surface area contributed by atoms with Gasteiger partial charge >= 0.3 is 0 Å². The van der Waals surface area contributed by atoms with Gasteiger partial charge < -0.3 is 15.7 Å². The third kappa shape index (κ3) is 3.16. The minimum Gasteiger partial charge on any atom is -0.507 e. The second-order valence-electron chi connectivity index (χ2n) is 4.60. The molecule has 0 aliphatic carbocycles. The highest BCUT2D eigenvalue weighted by molar-refractivity contribution is 6.06. The van der Waals surface area contributed by atoms with Crippen molar-refractivity contribution in [2.45, 2.75) is 13.0 Å². The smallest absolute Gasteiger partial charge is 0.259 e. The second kappa shape index (κ2) is 6.21. The van der Waals surface area contributed by atoms with E-state index in [0.29, 0.717) is 5.69 Å². The number of phenolic OH excluding ortho intramolecular Hbond substituents is 1. The maximum atomic E-state index is 12.0. The molecule has 3 N–H and O–H groups in total. The van der Waals surface area contributed by atoms with Gasteiger partial charge in [-0.2, -0.15) is 0 Å². The fourth-order valence-corrected chi connectivity index (χ4v) is 1.89. The molecule has 2 rings (SSSR count). The molecule has 0 heterocycles. The molecule has 2 aromatic rings. The highest BCUT2D eigenvalue weighted by Gasteiger charge is 2.10. The van der Waals surface area contributed by atoms with Crippen molar-refractivity contribution in [2.24, 2.45) is 0 Å². The zero-order chi connectivity index (χ0) is 14.5. The largest absolute Gasteiger partial charge is 0.507 e. The molecule has 4 nitrogen and oxygen atoms in total. The maximum absolute atomic E-state index is 12.0. The summed E-state index contributed by atoms with van der Waals surface area (Å²) >= 11 is 0. The number of amides is 1. The van der Waals surface area contributed by atoms with Crippen LogP contribution in [0, 0.1) is 0 Å². The van der Waals surface area contributed by atoms with Gasteiger partial charge in [0.1, 0.15) is 5.75 Å². The number of aromatic hydroxyl groups is 1. The van der Waals surface area contributed by atoms with Crippen LogP contribution in [0.15, 0.2) is 48.5 Å². The van der Waals surface area contributed by atoms with Crippen molar-refractivity contribution in [1.29, 1.82) is 0 Å². The van der Waals surface area contributed by atoms with Crippen LogP contribution in [0.5, 0.6) is 5.75 Å². The lowest BCUT2D eigenvalue weighted by Gasteiger charge is -2.12. The fraction of sp³-hybridized carbons (Fsp3) is 0.188. The maximum Gasteiger partial charge on any atom is 0.259 e. The lowest BCUT2D eigenvalue weighted by molar-refractivity contribution is 0.102. The summed E-state index contributed by atoms with van der Waals surface area (Å²) in [6, 6.07) is 14.4. The first-order valence-corrected chi connectivity index (χ1v) is 6.48. The lowest BCUT2D eigenvalue weighted by atomic mass is 10.1. The third-order valence-corrected chi connectivity index (χ3v) is 3.25. The zero-order valence-electron chi connectivity index (χ0n) is 11.6. The van der Waals surface area contributed by atoms with Gasteiger partial charge in [0.15, 0.2) is 0 Å². The third-order valence-electron chi connectivity index (χ3n) is 3.25. The number of hydrogen-bond acceptors (Lipinski definition) is 3. The Morgan fingerprint density at radius 2 is 1.75 bits per heavy atom. The first kappa shape index (κ1) is 14.1. The topological polar surface area (TPSA) is 61.4 Å². The number of nitrogens with one attached hydrogen (secondary N) is 2. The van der Waals surface area contributed by atoms with Gasteiger partial charge in [-0.1, -0.05) is 24.3 Å². The van der Waals surface area contributed by atoms with E-state index >= 15 is 0 Å². The zero-order valence-corrected chi connectivity index (χ0v) is 11.6. The Morgan fingerprint density at radius 3 is 2.35 bits per heavy atom. The normalized spacial score (nSPS) is 11.9. The van der Waals surface area contributed by atoms with Crippen molar-refractivity contribution in [3.63, 3.8) is 0 Å². The highest BCUT2D eigenvalue weighted by Crippen LogP contribution is 2.19. The van der Waals surface area contributed by atoms with Crippen molar-refractivity contribution >= 4 is 11.6 Å². The summed E-state index contributed by atoms with van der Waals surface area (Å²) in [6.45, 7) is 2.07. The number of phenols is 1. The SMILES string of the molecule is CNC(C)c1ccc(NC(=O)c2ccccc2O)cc1. The van der Waals surface area contributed by atoms with Crippen molar-refractivity contribution in [2.75, 3.05) is 12.4 Å². The molecule has 0 saturated heterocycles. The van der Waals surface area contributed by atoms with E-state index in [1.165, 1.54) is 6.07 Å². The number of para-hydroxylation sites is 1. The predicted octanol–water partition coefficient (Wildman–Crippen LogP) is 2.92. The molecule has 2 aromatic carbocycles. The van der Waals surface area contributed by atoms with E-state index in [0.717, 1.165) is 5.56 Å². The Morgan fingerprint density at radius 1 is 1.10 bits per heavy atom. The molecule has 0 spiro atoms. The molecule has 0 fully saturated rings. The van der Waals surface area contributed by atoms with E-state index in [9.17, 15) is 9.90 Å². The van der Waals surface area contributed by atoms with Crippen LogP contribution in [0.25, 0.3) is 0 Å². The van der Waals surface area contributed by atoms with Gasteiger partial charge in [0, 0.05) is 11.7 Å². The van der Waals surface area contributed by atoms with Gasteiger partial charge in [-0.25, -0.2) is 0 Å². The number of rotatable bonds is 4. The van der Waals surface area contributed by atoms with Crippen LogP contribution in [-0.2, 0) is 0 Å². The fourth-order valence-electron chi connectivity index (χ4n) is 1.89. The van der Waals surface area contributed by atoms with Gasteiger partial charge in [0.2, 0.25) is 0 Å². The van der Waals surface area contributed by atoms with E-state index in [4.69, 9.17) is 0 Å². The van der Waals surface area contributed by atoms with Gasteiger partial charge in [-0.15, -0.1) is 0 Å². The Kier molecular flexibility index (Phi) is 4.38. The lowest BCUT2D eigenvalue weighted by Crippen LogP contribution is -2.13. The van der Waals surface area contributed by atoms with Crippen molar-refractivity contribution in [3.05, 3.63) is 59.7 Å². The van der Waals surface area contributed by atoms with Gasteiger partial charge in [0.25, 0.3) is 5.91 Å². The van der Waals surface area contributed by atoms with Crippen LogP contribution in [0.3, 0.4) is 0 Å². The van der Waals surface area contributed by atoms with E-state index < -0.39 is 0 Å². The first-order chi connectivity index (χ1) is 9.61. The minimum atomic E-state index is -0.322. The molecule has 104 valence electrons. The van der Waals surface area contributed by atoms with Gasteiger partial charge in [-0.05, 0) is 43.8 Å². The summed E-state index contributed by atoms with van der Waals surface area (Å²) in [5.41, 5.74) is 2.11. The molecule has 20 heavy (non-hydrogen) atoms. The van der Waals surface area contributed by atoms with Crippen LogP contribution in [0.2, 0.25) is 0 Å². The van der Waals surface area contributed by atoms with E-state index in [-0.39, 0.29) is 23.3 Å². The quantitative estimate of drug-likeness (QED) is 0.800. The summed E-state index contributed by atoms with van der Waals surface area (Å²) in [5, 5.41) is 15.6. The first-order valence-electron chi connectivity index (χ1n) is 6.48. The predicted molar refractivity (Wildman–Crippen MR) is 80.0 cm³/mol. The van der Waals surface area contributed by atoms with Crippen LogP contribution < -0.4 is 10.6 Å². The number of carbonyl (C=O) groups excluding carboxylic acids is 1. The minimum absolute atomic E-state index is 0.0228. The van der Waals surface area contributed by atoms with E-state index in [2.05, 4.69) is 17.6 Å². The summed E-state index contributed by atoms with van der Waals surface area (Å²) < 4.78 is 0. The molecule has 1 unspecified atom stereocenters. The number of benzene rings is 2. The molecule has 0 aliphatic rings. The number of carbonyl (C=O) groups is 1. The van der Waals surface area contributed by atoms with E-state index in [1.807, 2.05) is 31.3 Å². The standard InChI is InChI=1S/C16H18N2O2/c1-11(17-2)12-7-9-13(10-8-12)18-16(20)14-5-3-4-6-15(14)19/h3-11,17,19H,1-2H3,(H,18,20). The molecular formula is C16H18N2O2. The van der Waals surface area contributed by atoms with Crippen molar-refractivity contribution in [3.8, 4) is 5.75 Å². The molecule has 0 aromatic heterocycles. The summed E-state index contributed by atoms with van der Waals surface area (Å²) in [7, 11) is 1.90. The Labute approximate surface area is 118 Å². The average molecular weight is 270 g/mol. The van der Waals surface area contributed by atoms with Crippen LogP contribution >= 0.6 is 0 Å². The molecule has 0 radical (unpaired) electrons. The number of anilines is 1.